The van der Waals surface area contributed by atoms with E-state index in [0.717, 1.165) is 47.4 Å². The number of phenols is 1. The van der Waals surface area contributed by atoms with Crippen molar-refractivity contribution in [2.24, 2.45) is 0 Å². The molecule has 5 heteroatoms. The fourth-order valence-electron chi connectivity index (χ4n) is 4.51. The van der Waals surface area contributed by atoms with Crippen LogP contribution in [-0.2, 0) is 0 Å². The molecule has 5 rings (SSSR count). The Morgan fingerprint density at radius 3 is 2.65 bits per heavy atom. The van der Waals surface area contributed by atoms with Crippen LogP contribution >= 0.6 is 0 Å². The smallest absolute Gasteiger partial charge is 0.165 e. The minimum atomic E-state index is 0.174. The lowest BCUT2D eigenvalue weighted by molar-refractivity contribution is 0.405. The second-order valence-corrected chi connectivity index (χ2v) is 8.00. The SMILES string of the molecule is COc1ccccc1C1CCCN1c1nc(-c2ccccc2O)nc2cc(C)ccc12. The molecular formula is C26H25N3O2. The van der Waals surface area contributed by atoms with Gasteiger partial charge in [-0.2, -0.15) is 0 Å². The van der Waals surface area contributed by atoms with Crippen molar-refractivity contribution in [3.8, 4) is 22.9 Å². The van der Waals surface area contributed by atoms with Gasteiger partial charge in [-0.05, 0) is 55.7 Å². The van der Waals surface area contributed by atoms with E-state index in [0.29, 0.717) is 11.4 Å². The van der Waals surface area contributed by atoms with Crippen LogP contribution in [0.4, 0.5) is 5.82 Å². The summed E-state index contributed by atoms with van der Waals surface area (Å²) >= 11 is 0. The van der Waals surface area contributed by atoms with Gasteiger partial charge in [-0.1, -0.05) is 36.4 Å². The van der Waals surface area contributed by atoms with E-state index in [1.54, 1.807) is 13.2 Å². The zero-order valence-electron chi connectivity index (χ0n) is 17.7. The van der Waals surface area contributed by atoms with E-state index in [4.69, 9.17) is 14.7 Å². The molecule has 1 fully saturated rings. The standard InChI is InChI=1S/C26H25N3O2/c1-17-13-14-18-21(16-17)27-25(20-9-3-5-11-23(20)30)28-26(18)29-15-7-10-22(29)19-8-4-6-12-24(19)31-2/h3-6,8-9,11-14,16,22,30H,7,10,15H2,1-2H3. The van der Waals surface area contributed by atoms with Gasteiger partial charge < -0.3 is 14.7 Å². The molecule has 0 saturated carbocycles. The van der Waals surface area contributed by atoms with Crippen LogP contribution in [-0.4, -0.2) is 28.7 Å². The van der Waals surface area contributed by atoms with Gasteiger partial charge in [0.2, 0.25) is 0 Å². The summed E-state index contributed by atoms with van der Waals surface area (Å²) in [6.45, 7) is 2.97. The van der Waals surface area contributed by atoms with Crippen molar-refractivity contribution < 1.29 is 9.84 Å². The largest absolute Gasteiger partial charge is 0.507 e. The van der Waals surface area contributed by atoms with E-state index in [9.17, 15) is 5.11 Å². The first-order chi connectivity index (χ1) is 15.2. The minimum absolute atomic E-state index is 0.174. The molecule has 0 radical (unpaired) electrons. The maximum Gasteiger partial charge on any atom is 0.165 e. The maximum absolute atomic E-state index is 10.4. The molecule has 0 amide bonds. The lowest BCUT2D eigenvalue weighted by atomic mass is 10.0. The Morgan fingerprint density at radius 2 is 1.81 bits per heavy atom. The summed E-state index contributed by atoms with van der Waals surface area (Å²) in [7, 11) is 1.72. The van der Waals surface area contributed by atoms with E-state index in [1.165, 1.54) is 5.56 Å². The number of nitrogens with zero attached hydrogens (tertiary/aromatic N) is 3. The van der Waals surface area contributed by atoms with Gasteiger partial charge >= 0.3 is 0 Å². The second kappa shape index (κ2) is 7.91. The number of fused-ring (bicyclic) bond motifs is 1. The molecule has 1 aliphatic rings. The number of rotatable bonds is 4. The molecule has 3 aromatic carbocycles. The number of hydrogen-bond donors (Lipinski definition) is 1. The van der Waals surface area contributed by atoms with Gasteiger partial charge in [0.25, 0.3) is 0 Å². The van der Waals surface area contributed by atoms with Crippen LogP contribution in [0.1, 0.15) is 30.0 Å². The van der Waals surface area contributed by atoms with Gasteiger partial charge in [-0.15, -0.1) is 0 Å². The highest BCUT2D eigenvalue weighted by Crippen LogP contribution is 2.42. The number of methoxy groups -OCH3 is 1. The Bertz CT molecular complexity index is 1250. The lowest BCUT2D eigenvalue weighted by Crippen LogP contribution is -2.24. The summed E-state index contributed by atoms with van der Waals surface area (Å²) in [4.78, 5) is 12.2. The Hall–Kier alpha value is -3.60. The molecule has 1 atom stereocenters. The molecule has 0 aliphatic carbocycles. The second-order valence-electron chi connectivity index (χ2n) is 8.00. The highest BCUT2D eigenvalue weighted by molar-refractivity contribution is 5.92. The number of para-hydroxylation sites is 2. The van der Waals surface area contributed by atoms with Gasteiger partial charge in [-0.25, -0.2) is 9.97 Å². The Kier molecular flexibility index (Phi) is 4.94. The van der Waals surface area contributed by atoms with Crippen LogP contribution in [0.3, 0.4) is 0 Å². The van der Waals surface area contributed by atoms with Crippen LogP contribution in [0.2, 0.25) is 0 Å². The number of phenolic OH excluding ortho intramolecular Hbond substituents is 1. The van der Waals surface area contributed by atoms with Crippen LogP contribution < -0.4 is 9.64 Å². The van der Waals surface area contributed by atoms with Crippen LogP contribution in [0.25, 0.3) is 22.3 Å². The summed E-state index contributed by atoms with van der Waals surface area (Å²) in [5, 5.41) is 11.5. The zero-order valence-corrected chi connectivity index (χ0v) is 17.7. The Labute approximate surface area is 182 Å². The average molecular weight is 412 g/mol. The van der Waals surface area contributed by atoms with Crippen molar-refractivity contribution in [3.05, 3.63) is 77.9 Å². The molecular weight excluding hydrogens is 386 g/mol. The highest BCUT2D eigenvalue weighted by atomic mass is 16.5. The van der Waals surface area contributed by atoms with Crippen molar-refractivity contribution in [2.75, 3.05) is 18.6 Å². The summed E-state index contributed by atoms with van der Waals surface area (Å²) in [6.07, 6.45) is 2.11. The van der Waals surface area contributed by atoms with Crippen LogP contribution in [0, 0.1) is 6.92 Å². The first-order valence-corrected chi connectivity index (χ1v) is 10.6. The number of anilines is 1. The highest BCUT2D eigenvalue weighted by Gasteiger charge is 2.31. The third-order valence-corrected chi connectivity index (χ3v) is 6.00. The van der Waals surface area contributed by atoms with E-state index < -0.39 is 0 Å². The summed E-state index contributed by atoms with van der Waals surface area (Å²) in [6, 6.07) is 21.9. The third-order valence-electron chi connectivity index (χ3n) is 6.00. The molecule has 1 aliphatic heterocycles. The molecule has 1 unspecified atom stereocenters. The molecule has 4 aromatic rings. The molecule has 31 heavy (non-hydrogen) atoms. The first kappa shape index (κ1) is 19.4. The fraction of sp³-hybridized carbons (Fsp3) is 0.231. The molecule has 156 valence electrons. The summed E-state index contributed by atoms with van der Waals surface area (Å²) in [5.41, 5.74) is 3.84. The fourth-order valence-corrected chi connectivity index (χ4v) is 4.51. The van der Waals surface area contributed by atoms with E-state index in [-0.39, 0.29) is 11.8 Å². The van der Waals surface area contributed by atoms with Crippen molar-refractivity contribution in [1.29, 1.82) is 0 Å². The molecule has 0 bridgehead atoms. The monoisotopic (exact) mass is 411 g/mol. The average Bonchev–Trinajstić information content (AvgIpc) is 3.28. The van der Waals surface area contributed by atoms with Crippen molar-refractivity contribution in [2.45, 2.75) is 25.8 Å². The molecule has 1 N–H and O–H groups in total. The maximum atomic E-state index is 10.4. The summed E-state index contributed by atoms with van der Waals surface area (Å²) in [5.74, 6) is 2.52. The third kappa shape index (κ3) is 3.46. The molecule has 1 aromatic heterocycles. The van der Waals surface area contributed by atoms with Gasteiger partial charge in [0.15, 0.2) is 5.82 Å². The van der Waals surface area contributed by atoms with Crippen LogP contribution in [0.15, 0.2) is 66.7 Å². The summed E-state index contributed by atoms with van der Waals surface area (Å²) < 4.78 is 5.66. The zero-order chi connectivity index (χ0) is 21.4. The number of aromatic nitrogens is 2. The molecule has 5 nitrogen and oxygen atoms in total. The quantitative estimate of drug-likeness (QED) is 0.469. The predicted molar refractivity (Wildman–Crippen MR) is 124 cm³/mol. The number of hydrogen-bond acceptors (Lipinski definition) is 5. The Balaban J connectivity index is 1.70. The van der Waals surface area contributed by atoms with Gasteiger partial charge in [0.05, 0.1) is 24.2 Å². The van der Waals surface area contributed by atoms with E-state index >= 15 is 0 Å². The number of benzene rings is 3. The van der Waals surface area contributed by atoms with Crippen molar-refractivity contribution in [3.63, 3.8) is 0 Å². The number of ether oxygens (including phenoxy) is 1. The van der Waals surface area contributed by atoms with E-state index in [1.807, 2.05) is 30.3 Å². The Morgan fingerprint density at radius 1 is 1.00 bits per heavy atom. The van der Waals surface area contributed by atoms with Gasteiger partial charge in [-0.3, -0.25) is 0 Å². The molecule has 0 spiro atoms. The van der Waals surface area contributed by atoms with E-state index in [2.05, 4.69) is 42.2 Å². The predicted octanol–water partition coefficient (Wildman–Crippen LogP) is 5.66. The molecule has 2 heterocycles. The number of aromatic hydroxyl groups is 1. The van der Waals surface area contributed by atoms with Crippen molar-refractivity contribution in [1.82, 2.24) is 9.97 Å². The number of aryl methyl sites for hydroxylation is 1. The minimum Gasteiger partial charge on any atom is -0.507 e. The molecule has 1 saturated heterocycles. The first-order valence-electron chi connectivity index (χ1n) is 10.6. The van der Waals surface area contributed by atoms with Crippen LogP contribution in [0.5, 0.6) is 11.5 Å². The van der Waals surface area contributed by atoms with Gasteiger partial charge in [0.1, 0.15) is 17.3 Å². The topological polar surface area (TPSA) is 58.5 Å². The van der Waals surface area contributed by atoms with Crippen molar-refractivity contribution >= 4 is 16.7 Å². The lowest BCUT2D eigenvalue weighted by Gasteiger charge is -2.28. The normalized spacial score (nSPS) is 16.1. The van der Waals surface area contributed by atoms with Gasteiger partial charge in [0, 0.05) is 17.5 Å².